The molecule has 142 valence electrons. The van der Waals surface area contributed by atoms with Crippen molar-refractivity contribution >= 4 is 6.09 Å². The van der Waals surface area contributed by atoms with Crippen LogP contribution in [0.1, 0.15) is 31.4 Å². The van der Waals surface area contributed by atoms with E-state index >= 15 is 0 Å². The van der Waals surface area contributed by atoms with Crippen molar-refractivity contribution in [1.82, 2.24) is 15.1 Å². The number of amides is 1. The lowest BCUT2D eigenvalue weighted by Gasteiger charge is -2.47. The first-order valence-corrected chi connectivity index (χ1v) is 9.74. The lowest BCUT2D eigenvalue weighted by Crippen LogP contribution is -2.56. The predicted molar refractivity (Wildman–Crippen MR) is 104 cm³/mol. The molecule has 0 spiro atoms. The summed E-state index contributed by atoms with van der Waals surface area (Å²) in [7, 11) is 0. The number of hydrogen-bond acceptors (Lipinski definition) is 4. The van der Waals surface area contributed by atoms with Gasteiger partial charge in [0.25, 0.3) is 0 Å². The standard InChI is InChI=1S/C21H31N3O2/c1-3-15-26-21(25)23-13-14-24(17(2)16-23)20(18-7-5-4-6-8-18)19-9-11-22-12-10-19/h3-8,17,19-20,22H,1,9-16H2,2H3/t17-,20?/m0/s1. The molecule has 1 amide bonds. The zero-order chi connectivity index (χ0) is 18.4. The molecule has 1 unspecified atom stereocenters. The lowest BCUT2D eigenvalue weighted by atomic mass is 9.84. The summed E-state index contributed by atoms with van der Waals surface area (Å²) < 4.78 is 5.22. The molecule has 1 N–H and O–H groups in total. The van der Waals surface area contributed by atoms with Crippen molar-refractivity contribution in [3.8, 4) is 0 Å². The van der Waals surface area contributed by atoms with Crippen LogP contribution in [0, 0.1) is 5.92 Å². The summed E-state index contributed by atoms with van der Waals surface area (Å²) >= 11 is 0. The molecule has 2 saturated heterocycles. The van der Waals surface area contributed by atoms with Gasteiger partial charge < -0.3 is 15.0 Å². The van der Waals surface area contributed by atoms with Gasteiger partial charge in [-0.05, 0) is 44.3 Å². The highest BCUT2D eigenvalue weighted by atomic mass is 16.6. The number of rotatable bonds is 5. The van der Waals surface area contributed by atoms with Gasteiger partial charge in [0.1, 0.15) is 6.61 Å². The monoisotopic (exact) mass is 357 g/mol. The van der Waals surface area contributed by atoms with Crippen molar-refractivity contribution in [3.05, 3.63) is 48.6 Å². The van der Waals surface area contributed by atoms with Crippen molar-refractivity contribution in [3.63, 3.8) is 0 Å². The Labute approximate surface area is 157 Å². The molecule has 0 saturated carbocycles. The number of carbonyl (C=O) groups excluding carboxylic acids is 1. The first kappa shape index (κ1) is 18.9. The smallest absolute Gasteiger partial charge is 0.410 e. The van der Waals surface area contributed by atoms with Crippen LogP contribution in [-0.4, -0.2) is 61.3 Å². The molecule has 26 heavy (non-hydrogen) atoms. The Morgan fingerprint density at radius 3 is 2.69 bits per heavy atom. The first-order valence-electron chi connectivity index (χ1n) is 9.74. The van der Waals surface area contributed by atoms with Crippen molar-refractivity contribution in [2.24, 2.45) is 5.92 Å². The van der Waals surface area contributed by atoms with Crippen molar-refractivity contribution in [2.75, 3.05) is 39.3 Å². The fourth-order valence-corrected chi connectivity index (χ4v) is 4.32. The topological polar surface area (TPSA) is 44.8 Å². The fourth-order valence-electron chi connectivity index (χ4n) is 4.32. The Balaban J connectivity index is 1.73. The Morgan fingerprint density at radius 1 is 1.31 bits per heavy atom. The molecular weight excluding hydrogens is 326 g/mol. The molecule has 2 aliphatic heterocycles. The van der Waals surface area contributed by atoms with E-state index in [-0.39, 0.29) is 12.7 Å². The Hall–Kier alpha value is -1.85. The minimum absolute atomic E-state index is 0.227. The maximum Gasteiger partial charge on any atom is 0.410 e. The van der Waals surface area contributed by atoms with E-state index in [1.54, 1.807) is 6.08 Å². The van der Waals surface area contributed by atoms with E-state index < -0.39 is 0 Å². The third kappa shape index (κ3) is 4.46. The number of piperidine rings is 1. The normalized spacial score (nSPS) is 23.4. The summed E-state index contributed by atoms with van der Waals surface area (Å²) in [6, 6.07) is 11.6. The highest BCUT2D eigenvalue weighted by molar-refractivity contribution is 5.67. The van der Waals surface area contributed by atoms with Crippen LogP contribution in [0.15, 0.2) is 43.0 Å². The minimum Gasteiger partial charge on any atom is -0.445 e. The maximum absolute atomic E-state index is 12.2. The molecule has 2 fully saturated rings. The summed E-state index contributed by atoms with van der Waals surface area (Å²) in [6.07, 6.45) is 3.79. The molecule has 2 aliphatic rings. The van der Waals surface area contributed by atoms with Crippen LogP contribution in [0.4, 0.5) is 4.79 Å². The van der Waals surface area contributed by atoms with Gasteiger partial charge in [0, 0.05) is 31.7 Å². The van der Waals surface area contributed by atoms with Gasteiger partial charge in [-0.2, -0.15) is 0 Å². The quantitative estimate of drug-likeness (QED) is 0.823. The average molecular weight is 357 g/mol. The van der Waals surface area contributed by atoms with Gasteiger partial charge in [0.2, 0.25) is 0 Å². The predicted octanol–water partition coefficient (Wildman–Crippen LogP) is 3.06. The minimum atomic E-state index is -0.227. The van der Waals surface area contributed by atoms with Gasteiger partial charge in [-0.1, -0.05) is 43.0 Å². The van der Waals surface area contributed by atoms with Crippen LogP contribution in [0.3, 0.4) is 0 Å². The molecule has 5 nitrogen and oxygen atoms in total. The van der Waals surface area contributed by atoms with Gasteiger partial charge in [-0.25, -0.2) is 4.79 Å². The second-order valence-corrected chi connectivity index (χ2v) is 7.34. The summed E-state index contributed by atoms with van der Waals surface area (Å²) in [5, 5.41) is 3.48. The number of piperazine rings is 1. The van der Waals surface area contributed by atoms with Gasteiger partial charge in [-0.15, -0.1) is 0 Å². The highest BCUT2D eigenvalue weighted by Gasteiger charge is 2.36. The number of ether oxygens (including phenoxy) is 1. The summed E-state index contributed by atoms with van der Waals surface area (Å²) in [6.45, 7) is 10.6. The molecule has 1 aromatic rings. The molecule has 0 aliphatic carbocycles. The number of carbonyl (C=O) groups is 1. The lowest BCUT2D eigenvalue weighted by molar-refractivity contribution is 0.0160. The summed E-state index contributed by atoms with van der Waals surface area (Å²) in [4.78, 5) is 16.6. The molecule has 0 aromatic heterocycles. The van der Waals surface area contributed by atoms with Crippen molar-refractivity contribution in [2.45, 2.75) is 31.8 Å². The highest BCUT2D eigenvalue weighted by Crippen LogP contribution is 2.36. The van der Waals surface area contributed by atoms with Crippen molar-refractivity contribution < 1.29 is 9.53 Å². The maximum atomic E-state index is 12.2. The SMILES string of the molecule is C=CCOC(=O)N1CCN(C(c2ccccc2)C2CCNCC2)[C@@H](C)C1. The van der Waals surface area contributed by atoms with E-state index in [0.29, 0.717) is 31.1 Å². The van der Waals surface area contributed by atoms with Crippen LogP contribution in [-0.2, 0) is 4.74 Å². The molecule has 2 atom stereocenters. The molecule has 3 rings (SSSR count). The van der Waals surface area contributed by atoms with Gasteiger partial charge >= 0.3 is 6.09 Å². The molecule has 2 heterocycles. The zero-order valence-electron chi connectivity index (χ0n) is 15.8. The van der Waals surface area contributed by atoms with Crippen LogP contribution >= 0.6 is 0 Å². The van der Waals surface area contributed by atoms with Gasteiger partial charge in [0.05, 0.1) is 0 Å². The van der Waals surface area contributed by atoms with E-state index in [0.717, 1.165) is 19.6 Å². The van der Waals surface area contributed by atoms with Gasteiger partial charge in [0.15, 0.2) is 0 Å². The van der Waals surface area contributed by atoms with Gasteiger partial charge in [-0.3, -0.25) is 4.90 Å². The van der Waals surface area contributed by atoms with E-state index in [2.05, 4.69) is 54.1 Å². The number of nitrogens with one attached hydrogen (secondary N) is 1. The third-order valence-corrected chi connectivity index (χ3v) is 5.59. The number of benzene rings is 1. The average Bonchev–Trinajstić information content (AvgIpc) is 2.69. The molecular formula is C21H31N3O2. The Morgan fingerprint density at radius 2 is 2.04 bits per heavy atom. The second-order valence-electron chi connectivity index (χ2n) is 7.34. The van der Waals surface area contributed by atoms with E-state index in [4.69, 9.17) is 4.74 Å². The van der Waals surface area contributed by atoms with E-state index in [1.165, 1.54) is 18.4 Å². The van der Waals surface area contributed by atoms with Crippen molar-refractivity contribution in [1.29, 1.82) is 0 Å². The van der Waals surface area contributed by atoms with Crippen LogP contribution < -0.4 is 5.32 Å². The molecule has 0 bridgehead atoms. The summed E-state index contributed by atoms with van der Waals surface area (Å²) in [5.74, 6) is 0.653. The number of nitrogens with zero attached hydrogens (tertiary/aromatic N) is 2. The molecule has 1 aromatic carbocycles. The fraction of sp³-hybridized carbons (Fsp3) is 0.571. The van der Waals surface area contributed by atoms with Crippen LogP contribution in [0.5, 0.6) is 0 Å². The largest absolute Gasteiger partial charge is 0.445 e. The molecule has 0 radical (unpaired) electrons. The summed E-state index contributed by atoms with van der Waals surface area (Å²) in [5.41, 5.74) is 1.40. The Kier molecular flexibility index (Phi) is 6.69. The van der Waals surface area contributed by atoms with Crippen LogP contribution in [0.25, 0.3) is 0 Å². The third-order valence-electron chi connectivity index (χ3n) is 5.59. The van der Waals surface area contributed by atoms with Crippen LogP contribution in [0.2, 0.25) is 0 Å². The van der Waals surface area contributed by atoms with E-state index in [9.17, 15) is 4.79 Å². The molecule has 5 heteroatoms. The number of hydrogen-bond donors (Lipinski definition) is 1. The van der Waals surface area contributed by atoms with E-state index in [1.807, 2.05) is 4.90 Å². The zero-order valence-corrected chi connectivity index (χ0v) is 15.8. The first-order chi connectivity index (χ1) is 12.7. The Bertz CT molecular complexity index is 586. The second kappa shape index (κ2) is 9.19.